The highest BCUT2D eigenvalue weighted by molar-refractivity contribution is 5.95. The fourth-order valence-corrected chi connectivity index (χ4v) is 2.88. The van der Waals surface area contributed by atoms with E-state index in [1.165, 1.54) is 12.4 Å². The van der Waals surface area contributed by atoms with Crippen molar-refractivity contribution >= 4 is 5.91 Å². The minimum atomic E-state index is -0.209. The van der Waals surface area contributed by atoms with Crippen LogP contribution in [0.2, 0.25) is 0 Å². The number of nitriles is 1. The molecule has 124 valence electrons. The molecule has 1 saturated heterocycles. The van der Waals surface area contributed by atoms with Gasteiger partial charge in [0.1, 0.15) is 23.7 Å². The Morgan fingerprint density at radius 2 is 2.21 bits per heavy atom. The average Bonchev–Trinajstić information content (AvgIpc) is 2.93. The highest BCUT2D eigenvalue weighted by atomic mass is 16.5. The predicted molar refractivity (Wildman–Crippen MR) is 84.5 cm³/mol. The number of likely N-dealkylation sites (tertiary alicyclic amines) is 1. The van der Waals surface area contributed by atoms with Crippen molar-refractivity contribution in [3.05, 3.63) is 41.2 Å². The Morgan fingerprint density at radius 1 is 1.42 bits per heavy atom. The van der Waals surface area contributed by atoms with E-state index in [9.17, 15) is 4.79 Å². The molecule has 0 saturated carbocycles. The summed E-state index contributed by atoms with van der Waals surface area (Å²) < 4.78 is 11.3. The minimum Gasteiger partial charge on any atom is -0.470 e. The number of carbonyl (C=O) groups excluding carboxylic acids is 1. The molecule has 0 bridgehead atoms. The van der Waals surface area contributed by atoms with Gasteiger partial charge >= 0.3 is 0 Å². The molecule has 0 aromatic carbocycles. The molecule has 0 spiro atoms. The molecule has 0 radical (unpaired) electrons. The van der Waals surface area contributed by atoms with Crippen molar-refractivity contribution in [2.75, 3.05) is 13.1 Å². The predicted octanol–water partition coefficient (Wildman–Crippen LogP) is 2.24. The fourth-order valence-electron chi connectivity index (χ4n) is 2.88. The van der Waals surface area contributed by atoms with E-state index in [1.807, 2.05) is 13.0 Å². The van der Waals surface area contributed by atoms with Gasteiger partial charge in [0.15, 0.2) is 0 Å². The molecular weight excluding hydrogens is 308 g/mol. The Hall–Kier alpha value is -2.88. The SMILES string of the molecule is Cc1cc(C(=O)N2CCC[C@@H](Oc3nccnc3C#N)C2)c(C)o1. The van der Waals surface area contributed by atoms with Gasteiger partial charge < -0.3 is 14.1 Å². The summed E-state index contributed by atoms with van der Waals surface area (Å²) in [4.78, 5) is 22.4. The number of amides is 1. The van der Waals surface area contributed by atoms with Crippen LogP contribution < -0.4 is 4.74 Å². The van der Waals surface area contributed by atoms with Crippen LogP contribution in [-0.2, 0) is 0 Å². The van der Waals surface area contributed by atoms with E-state index < -0.39 is 0 Å². The first-order valence-corrected chi connectivity index (χ1v) is 7.82. The molecule has 0 N–H and O–H groups in total. The van der Waals surface area contributed by atoms with Crippen molar-refractivity contribution in [3.63, 3.8) is 0 Å². The molecule has 0 unspecified atom stereocenters. The lowest BCUT2D eigenvalue weighted by molar-refractivity contribution is 0.0524. The van der Waals surface area contributed by atoms with Gasteiger partial charge in [-0.05, 0) is 32.8 Å². The zero-order chi connectivity index (χ0) is 17.1. The maximum atomic E-state index is 12.7. The van der Waals surface area contributed by atoms with Crippen LogP contribution in [0.1, 0.15) is 40.4 Å². The second-order valence-electron chi connectivity index (χ2n) is 5.78. The van der Waals surface area contributed by atoms with Crippen LogP contribution in [-0.4, -0.2) is 40.0 Å². The monoisotopic (exact) mass is 326 g/mol. The van der Waals surface area contributed by atoms with Crippen LogP contribution in [0.5, 0.6) is 5.88 Å². The van der Waals surface area contributed by atoms with Crippen molar-refractivity contribution in [1.82, 2.24) is 14.9 Å². The van der Waals surface area contributed by atoms with Gasteiger partial charge in [0, 0.05) is 18.9 Å². The third-order valence-electron chi connectivity index (χ3n) is 3.99. The first-order valence-electron chi connectivity index (χ1n) is 7.82. The van der Waals surface area contributed by atoms with Crippen molar-refractivity contribution in [2.24, 2.45) is 0 Å². The van der Waals surface area contributed by atoms with E-state index in [0.29, 0.717) is 24.4 Å². The number of aryl methyl sites for hydroxylation is 2. The van der Waals surface area contributed by atoms with Gasteiger partial charge in [-0.25, -0.2) is 9.97 Å². The van der Waals surface area contributed by atoms with Crippen molar-refractivity contribution in [3.8, 4) is 11.9 Å². The largest absolute Gasteiger partial charge is 0.470 e. The van der Waals surface area contributed by atoms with Crippen LogP contribution in [0, 0.1) is 25.2 Å². The molecule has 2 aromatic rings. The van der Waals surface area contributed by atoms with Crippen molar-refractivity contribution in [1.29, 1.82) is 5.26 Å². The summed E-state index contributed by atoms with van der Waals surface area (Å²) in [5.74, 6) is 1.51. The van der Waals surface area contributed by atoms with Gasteiger partial charge in [-0.3, -0.25) is 4.79 Å². The maximum absolute atomic E-state index is 12.7. The lowest BCUT2D eigenvalue weighted by Crippen LogP contribution is -2.44. The van der Waals surface area contributed by atoms with Crippen LogP contribution in [0.25, 0.3) is 0 Å². The molecule has 24 heavy (non-hydrogen) atoms. The third-order valence-corrected chi connectivity index (χ3v) is 3.99. The van der Waals surface area contributed by atoms with Crippen molar-refractivity contribution < 1.29 is 13.9 Å². The lowest BCUT2D eigenvalue weighted by atomic mass is 10.1. The first kappa shape index (κ1) is 16.0. The van der Waals surface area contributed by atoms with E-state index in [-0.39, 0.29) is 23.6 Å². The molecule has 7 heteroatoms. The molecule has 1 aliphatic rings. The molecule has 3 rings (SSSR count). The molecule has 7 nitrogen and oxygen atoms in total. The average molecular weight is 326 g/mol. The zero-order valence-electron chi connectivity index (χ0n) is 13.7. The van der Waals surface area contributed by atoms with Crippen molar-refractivity contribution in [2.45, 2.75) is 32.8 Å². The van der Waals surface area contributed by atoms with E-state index in [4.69, 9.17) is 14.4 Å². The van der Waals surface area contributed by atoms with Gasteiger partial charge in [0.05, 0.1) is 12.1 Å². The fraction of sp³-hybridized carbons (Fsp3) is 0.412. The Kier molecular flexibility index (Phi) is 4.47. The number of furan rings is 1. The minimum absolute atomic E-state index is 0.0581. The molecule has 3 heterocycles. The number of rotatable bonds is 3. The maximum Gasteiger partial charge on any atom is 0.257 e. The first-order chi connectivity index (χ1) is 11.6. The molecular formula is C17H18N4O3. The van der Waals surface area contributed by atoms with Gasteiger partial charge in [0.25, 0.3) is 11.8 Å². The van der Waals surface area contributed by atoms with Gasteiger partial charge in [0.2, 0.25) is 5.69 Å². The summed E-state index contributed by atoms with van der Waals surface area (Å²) in [6.45, 7) is 4.73. The summed E-state index contributed by atoms with van der Waals surface area (Å²) >= 11 is 0. The molecule has 0 aliphatic carbocycles. The summed E-state index contributed by atoms with van der Waals surface area (Å²) in [5.41, 5.74) is 0.743. The Labute approximate surface area is 139 Å². The Morgan fingerprint density at radius 3 is 2.92 bits per heavy atom. The molecule has 2 aromatic heterocycles. The Bertz CT molecular complexity index is 793. The zero-order valence-corrected chi connectivity index (χ0v) is 13.7. The Balaban J connectivity index is 1.71. The third kappa shape index (κ3) is 3.23. The molecule has 1 aliphatic heterocycles. The standard InChI is InChI=1S/C17H18N4O3/c1-11-8-14(12(2)23-11)17(22)21-7-3-4-13(10-21)24-16-15(9-18)19-5-6-20-16/h5-6,8,13H,3-4,7,10H2,1-2H3/t13-/m1/s1. The van der Waals surface area contributed by atoms with Gasteiger partial charge in [-0.15, -0.1) is 0 Å². The molecule has 1 fully saturated rings. The van der Waals surface area contributed by atoms with Crippen LogP contribution in [0.3, 0.4) is 0 Å². The van der Waals surface area contributed by atoms with Gasteiger partial charge in [-0.1, -0.05) is 0 Å². The van der Waals surface area contributed by atoms with Gasteiger partial charge in [-0.2, -0.15) is 5.26 Å². The van der Waals surface area contributed by atoms with Crippen LogP contribution in [0.4, 0.5) is 0 Å². The second-order valence-corrected chi connectivity index (χ2v) is 5.78. The topological polar surface area (TPSA) is 92.3 Å². The summed E-state index contributed by atoms with van der Waals surface area (Å²) in [6, 6.07) is 3.73. The van der Waals surface area contributed by atoms with Crippen LogP contribution >= 0.6 is 0 Å². The van der Waals surface area contributed by atoms with E-state index in [2.05, 4.69) is 9.97 Å². The lowest BCUT2D eigenvalue weighted by Gasteiger charge is -2.32. The number of piperidine rings is 1. The number of ether oxygens (including phenoxy) is 1. The number of hydrogen-bond acceptors (Lipinski definition) is 6. The highest BCUT2D eigenvalue weighted by Crippen LogP contribution is 2.22. The summed E-state index contributed by atoms with van der Waals surface area (Å²) in [7, 11) is 0. The second kappa shape index (κ2) is 6.71. The highest BCUT2D eigenvalue weighted by Gasteiger charge is 2.28. The number of nitrogens with zero attached hydrogens (tertiary/aromatic N) is 4. The normalized spacial score (nSPS) is 17.4. The quantitative estimate of drug-likeness (QED) is 0.859. The number of carbonyl (C=O) groups is 1. The number of aromatic nitrogens is 2. The van der Waals surface area contributed by atoms with E-state index >= 15 is 0 Å². The summed E-state index contributed by atoms with van der Waals surface area (Å²) in [6.07, 6.45) is 4.36. The number of hydrogen-bond donors (Lipinski definition) is 0. The van der Waals surface area contributed by atoms with E-state index in [0.717, 1.165) is 18.6 Å². The van der Waals surface area contributed by atoms with E-state index in [1.54, 1.807) is 17.9 Å². The smallest absolute Gasteiger partial charge is 0.257 e. The summed E-state index contributed by atoms with van der Waals surface area (Å²) in [5, 5.41) is 9.06. The van der Waals surface area contributed by atoms with Crippen LogP contribution in [0.15, 0.2) is 22.9 Å². The molecule has 1 amide bonds. The molecule has 1 atom stereocenters.